The third-order valence-electron chi connectivity index (χ3n) is 2.80. The maximum atomic E-state index is 4.37. The highest BCUT2D eigenvalue weighted by Crippen LogP contribution is 2.23. The lowest BCUT2D eigenvalue weighted by atomic mass is 10.1. The van der Waals surface area contributed by atoms with Crippen LogP contribution in [0.4, 0.5) is 0 Å². The van der Waals surface area contributed by atoms with Crippen LogP contribution >= 0.6 is 0 Å². The molecule has 0 spiro atoms. The Hall–Kier alpha value is -2.43. The molecule has 0 aliphatic rings. The van der Waals surface area contributed by atoms with E-state index in [0.717, 1.165) is 22.4 Å². The maximum absolute atomic E-state index is 4.37. The van der Waals surface area contributed by atoms with Crippen LogP contribution < -0.4 is 0 Å². The van der Waals surface area contributed by atoms with Gasteiger partial charge >= 0.3 is 0 Å². The second kappa shape index (κ2) is 4.10. The molecule has 0 saturated heterocycles. The maximum Gasteiger partial charge on any atom is 0.0739 e. The van der Waals surface area contributed by atoms with Gasteiger partial charge in [-0.25, -0.2) is 0 Å². The van der Waals surface area contributed by atoms with Crippen molar-refractivity contribution >= 4 is 0 Å². The summed E-state index contributed by atoms with van der Waals surface area (Å²) in [6.07, 6.45) is 9.42. The van der Waals surface area contributed by atoms with Gasteiger partial charge in [-0.1, -0.05) is 0 Å². The molecule has 3 rings (SSSR count). The van der Waals surface area contributed by atoms with Gasteiger partial charge in [-0.2, -0.15) is 10.2 Å². The molecular formula is C13H13N5. The van der Waals surface area contributed by atoms with Gasteiger partial charge in [-0.05, 0) is 17.7 Å². The summed E-state index contributed by atoms with van der Waals surface area (Å²) in [5.41, 5.74) is 4.13. The molecule has 0 radical (unpaired) electrons. The van der Waals surface area contributed by atoms with E-state index in [2.05, 4.69) is 15.2 Å². The molecule has 0 aliphatic heterocycles. The molecule has 0 aliphatic carbocycles. The first kappa shape index (κ1) is 10.7. The van der Waals surface area contributed by atoms with Crippen LogP contribution in [0.5, 0.6) is 0 Å². The van der Waals surface area contributed by atoms with E-state index in [-0.39, 0.29) is 0 Å². The summed E-state index contributed by atoms with van der Waals surface area (Å²) in [4.78, 5) is 4.37. The molecule has 0 amide bonds. The van der Waals surface area contributed by atoms with Crippen molar-refractivity contribution < 1.29 is 0 Å². The van der Waals surface area contributed by atoms with E-state index in [9.17, 15) is 0 Å². The van der Waals surface area contributed by atoms with Crippen molar-refractivity contribution in [2.75, 3.05) is 0 Å². The van der Waals surface area contributed by atoms with Crippen molar-refractivity contribution in [2.45, 2.75) is 0 Å². The van der Waals surface area contributed by atoms with E-state index >= 15 is 0 Å². The minimum atomic E-state index is 0.921. The topological polar surface area (TPSA) is 48.5 Å². The summed E-state index contributed by atoms with van der Waals surface area (Å²) < 4.78 is 3.56. The molecule has 3 heterocycles. The fourth-order valence-corrected chi connectivity index (χ4v) is 1.89. The molecule has 0 fully saturated rings. The van der Waals surface area contributed by atoms with Crippen molar-refractivity contribution in [3.05, 3.63) is 43.1 Å². The van der Waals surface area contributed by atoms with Crippen molar-refractivity contribution in [3.8, 4) is 22.4 Å². The minimum Gasteiger partial charge on any atom is -0.275 e. The highest BCUT2D eigenvalue weighted by atomic mass is 15.2. The van der Waals surface area contributed by atoms with Gasteiger partial charge in [0.15, 0.2) is 0 Å². The average Bonchev–Trinajstić information content (AvgIpc) is 2.98. The van der Waals surface area contributed by atoms with E-state index in [4.69, 9.17) is 0 Å². The first-order valence-electron chi connectivity index (χ1n) is 5.66. The highest BCUT2D eigenvalue weighted by molar-refractivity contribution is 5.68. The van der Waals surface area contributed by atoms with Gasteiger partial charge in [-0.15, -0.1) is 0 Å². The smallest absolute Gasteiger partial charge is 0.0739 e. The Morgan fingerprint density at radius 1 is 0.889 bits per heavy atom. The van der Waals surface area contributed by atoms with E-state index < -0.39 is 0 Å². The molecule has 3 aromatic rings. The predicted molar refractivity (Wildman–Crippen MR) is 68.6 cm³/mol. The monoisotopic (exact) mass is 239 g/mol. The molecule has 0 saturated carbocycles. The number of hydrogen-bond acceptors (Lipinski definition) is 3. The summed E-state index contributed by atoms with van der Waals surface area (Å²) >= 11 is 0. The van der Waals surface area contributed by atoms with E-state index in [1.807, 2.05) is 57.2 Å². The second-order valence-electron chi connectivity index (χ2n) is 4.24. The Kier molecular flexibility index (Phi) is 2.44. The van der Waals surface area contributed by atoms with Crippen molar-refractivity contribution in [1.82, 2.24) is 24.5 Å². The third-order valence-corrected chi connectivity index (χ3v) is 2.80. The average molecular weight is 239 g/mol. The van der Waals surface area contributed by atoms with E-state index in [0.29, 0.717) is 0 Å². The number of rotatable bonds is 2. The van der Waals surface area contributed by atoms with Crippen molar-refractivity contribution in [1.29, 1.82) is 0 Å². The Morgan fingerprint density at radius 3 is 2.17 bits per heavy atom. The molecule has 0 N–H and O–H groups in total. The zero-order valence-corrected chi connectivity index (χ0v) is 10.3. The van der Waals surface area contributed by atoms with E-state index in [1.165, 1.54) is 0 Å². The molecule has 0 unspecified atom stereocenters. The summed E-state index contributed by atoms with van der Waals surface area (Å²) in [5.74, 6) is 0. The first-order valence-corrected chi connectivity index (χ1v) is 5.66. The number of hydrogen-bond donors (Lipinski definition) is 0. The van der Waals surface area contributed by atoms with Gasteiger partial charge < -0.3 is 0 Å². The standard InChI is InChI=1S/C13H13N5/c1-17-8-11(6-15-17)10-3-4-14-13(5-10)12-7-16-18(2)9-12/h3-9H,1-2H3. The number of nitrogens with zero attached hydrogens (tertiary/aromatic N) is 5. The lowest BCUT2D eigenvalue weighted by molar-refractivity contribution is 0.768. The second-order valence-corrected chi connectivity index (χ2v) is 4.24. The molecular weight excluding hydrogens is 226 g/mol. The molecule has 18 heavy (non-hydrogen) atoms. The quantitative estimate of drug-likeness (QED) is 0.686. The van der Waals surface area contributed by atoms with Crippen LogP contribution in [-0.4, -0.2) is 24.5 Å². The molecule has 5 nitrogen and oxygen atoms in total. The van der Waals surface area contributed by atoms with Crippen LogP contribution in [0.1, 0.15) is 0 Å². The van der Waals surface area contributed by atoms with Gasteiger partial charge in [-0.3, -0.25) is 14.3 Å². The van der Waals surface area contributed by atoms with Gasteiger partial charge in [0.1, 0.15) is 0 Å². The lowest BCUT2D eigenvalue weighted by Crippen LogP contribution is -1.85. The fraction of sp³-hybridized carbons (Fsp3) is 0.154. The van der Waals surface area contributed by atoms with Crippen LogP contribution in [0, 0.1) is 0 Å². The molecule has 0 aromatic carbocycles. The highest BCUT2D eigenvalue weighted by Gasteiger charge is 2.05. The van der Waals surface area contributed by atoms with Crippen molar-refractivity contribution in [2.24, 2.45) is 14.1 Å². The summed E-state index contributed by atoms with van der Waals surface area (Å²) in [5, 5.41) is 8.34. The molecule has 0 atom stereocenters. The molecule has 3 aromatic heterocycles. The summed E-state index contributed by atoms with van der Waals surface area (Å²) in [7, 11) is 3.81. The normalized spacial score (nSPS) is 10.8. The third kappa shape index (κ3) is 1.90. The zero-order chi connectivity index (χ0) is 12.5. The SMILES string of the molecule is Cn1cc(-c2ccnc(-c3cnn(C)c3)c2)cn1. The van der Waals surface area contributed by atoms with Crippen LogP contribution in [0.2, 0.25) is 0 Å². The predicted octanol–water partition coefficient (Wildman–Crippen LogP) is 1.88. The zero-order valence-electron chi connectivity index (χ0n) is 10.3. The van der Waals surface area contributed by atoms with Crippen LogP contribution in [0.15, 0.2) is 43.1 Å². The van der Waals surface area contributed by atoms with Crippen molar-refractivity contribution in [3.63, 3.8) is 0 Å². The fourth-order valence-electron chi connectivity index (χ4n) is 1.89. The van der Waals surface area contributed by atoms with Gasteiger partial charge in [0, 0.05) is 43.8 Å². The molecule has 0 bridgehead atoms. The Bertz CT molecular complexity index is 625. The Balaban J connectivity index is 2.04. The van der Waals surface area contributed by atoms with Crippen LogP contribution in [0.25, 0.3) is 22.4 Å². The van der Waals surface area contributed by atoms with E-state index in [1.54, 1.807) is 9.36 Å². The van der Waals surface area contributed by atoms with Gasteiger partial charge in [0.2, 0.25) is 0 Å². The lowest BCUT2D eigenvalue weighted by Gasteiger charge is -2.00. The first-order chi connectivity index (χ1) is 8.72. The Labute approximate surface area is 105 Å². The Morgan fingerprint density at radius 2 is 1.56 bits per heavy atom. The molecule has 5 heteroatoms. The summed E-state index contributed by atoms with van der Waals surface area (Å²) in [6.45, 7) is 0. The van der Waals surface area contributed by atoms with Crippen LogP contribution in [-0.2, 0) is 14.1 Å². The minimum absolute atomic E-state index is 0.921. The summed E-state index contributed by atoms with van der Waals surface area (Å²) in [6, 6.07) is 4.03. The molecule has 90 valence electrons. The van der Waals surface area contributed by atoms with Crippen LogP contribution in [0.3, 0.4) is 0 Å². The van der Waals surface area contributed by atoms with Gasteiger partial charge in [0.25, 0.3) is 0 Å². The number of pyridine rings is 1. The number of aromatic nitrogens is 5. The largest absolute Gasteiger partial charge is 0.275 e. The van der Waals surface area contributed by atoms with Gasteiger partial charge in [0.05, 0.1) is 18.1 Å². The number of aryl methyl sites for hydroxylation is 2.